The van der Waals surface area contributed by atoms with Crippen molar-refractivity contribution >= 4 is 28.9 Å². The number of ketones is 2. The van der Waals surface area contributed by atoms with Crippen LogP contribution in [-0.2, 0) is 33.8 Å². The number of likely N-dealkylation sites (N-methyl/N-ethyl adjacent to an activating group) is 1. The van der Waals surface area contributed by atoms with Crippen molar-refractivity contribution in [3.05, 3.63) is 75.6 Å². The number of primary amides is 1. The summed E-state index contributed by atoms with van der Waals surface area (Å²) in [5, 5.41) is 46.2. The standard InChI is InChI=1S/C34H42N4O7/c1-36(2)23-16-19(12-9-13-38(5)17-18-10-7-6-8-11-18)28(39)25-21(23)14-20-15-22-27(37(3)4)30(41)26(33(35)44)32(43)34(22,45)31(42)24(20)29(25)40/h6-8,10-11,16,20,22,27,39-40,43,45H,9,12-15,17H2,1-5H3,(H2,35,44)/t20?,22?,27-,34-/m0/s1. The summed E-state index contributed by atoms with van der Waals surface area (Å²) >= 11 is 0. The van der Waals surface area contributed by atoms with Gasteiger partial charge in [-0.25, -0.2) is 0 Å². The highest BCUT2D eigenvalue weighted by Gasteiger charge is 2.64. The van der Waals surface area contributed by atoms with Crippen molar-refractivity contribution in [2.24, 2.45) is 17.6 Å². The molecule has 4 atom stereocenters. The van der Waals surface area contributed by atoms with Crippen LogP contribution >= 0.6 is 0 Å². The predicted molar refractivity (Wildman–Crippen MR) is 170 cm³/mol. The number of rotatable bonds is 9. The molecule has 1 amide bonds. The Labute approximate surface area is 262 Å². The molecule has 6 N–H and O–H groups in total. The molecule has 240 valence electrons. The quantitative estimate of drug-likeness (QED) is 0.263. The van der Waals surface area contributed by atoms with Crippen LogP contribution in [0.5, 0.6) is 5.75 Å². The van der Waals surface area contributed by atoms with Gasteiger partial charge in [-0.05, 0) is 82.0 Å². The van der Waals surface area contributed by atoms with Crippen molar-refractivity contribution in [3.63, 3.8) is 0 Å². The number of hydrogen-bond acceptors (Lipinski definition) is 10. The lowest BCUT2D eigenvalue weighted by Crippen LogP contribution is -2.65. The van der Waals surface area contributed by atoms with Gasteiger partial charge in [-0.3, -0.25) is 19.3 Å². The highest BCUT2D eigenvalue weighted by Crippen LogP contribution is 2.54. The predicted octanol–water partition coefficient (Wildman–Crippen LogP) is 2.09. The normalized spacial score (nSPS) is 24.6. The van der Waals surface area contributed by atoms with Crippen molar-refractivity contribution in [1.29, 1.82) is 0 Å². The van der Waals surface area contributed by atoms with Gasteiger partial charge in [0.2, 0.25) is 5.78 Å². The van der Waals surface area contributed by atoms with Gasteiger partial charge in [0.05, 0.1) is 11.6 Å². The highest BCUT2D eigenvalue weighted by atomic mass is 16.3. The molecule has 2 aromatic rings. The molecule has 3 aliphatic carbocycles. The van der Waals surface area contributed by atoms with Crippen molar-refractivity contribution in [2.45, 2.75) is 43.9 Å². The summed E-state index contributed by atoms with van der Waals surface area (Å²) < 4.78 is 0. The second-order valence-electron chi connectivity index (χ2n) is 12.9. The fourth-order valence-corrected chi connectivity index (χ4v) is 7.45. The Hall–Kier alpha value is -4.19. The van der Waals surface area contributed by atoms with E-state index in [1.807, 2.05) is 50.3 Å². The lowest BCUT2D eigenvalue weighted by Gasteiger charge is -2.50. The van der Waals surface area contributed by atoms with Crippen molar-refractivity contribution in [3.8, 4) is 5.75 Å². The van der Waals surface area contributed by atoms with Crippen LogP contribution < -0.4 is 10.6 Å². The number of aryl methyl sites for hydroxylation is 1. The molecule has 0 bridgehead atoms. The van der Waals surface area contributed by atoms with Gasteiger partial charge in [0.25, 0.3) is 5.91 Å². The lowest BCUT2D eigenvalue weighted by atomic mass is 9.57. The first-order valence-corrected chi connectivity index (χ1v) is 15.1. The topological polar surface area (TPSA) is 168 Å². The number of aromatic hydroxyl groups is 1. The third kappa shape index (κ3) is 5.28. The number of Topliss-reactive ketones (excluding diaryl/α,β-unsaturated/α-hetero) is 2. The fourth-order valence-electron chi connectivity index (χ4n) is 7.45. The van der Waals surface area contributed by atoms with E-state index < -0.39 is 58.0 Å². The Kier molecular flexibility index (Phi) is 8.56. The number of phenolic OH excluding ortho intramolecular Hbond substituents is 1. The van der Waals surface area contributed by atoms with Gasteiger partial charge in [-0.15, -0.1) is 0 Å². The van der Waals surface area contributed by atoms with E-state index >= 15 is 0 Å². The average molecular weight is 619 g/mol. The molecule has 11 nitrogen and oxygen atoms in total. The fraction of sp³-hybridized carbons (Fsp3) is 0.441. The molecule has 45 heavy (non-hydrogen) atoms. The highest BCUT2D eigenvalue weighted by molar-refractivity contribution is 6.24. The van der Waals surface area contributed by atoms with Gasteiger partial charge in [0.1, 0.15) is 22.8 Å². The number of phenols is 1. The third-order valence-corrected chi connectivity index (χ3v) is 9.54. The zero-order valence-corrected chi connectivity index (χ0v) is 26.4. The molecular formula is C34H42N4O7. The van der Waals surface area contributed by atoms with Crippen LogP contribution in [0.4, 0.5) is 5.69 Å². The minimum absolute atomic E-state index is 0.0505. The van der Waals surface area contributed by atoms with E-state index in [0.717, 1.165) is 25.2 Å². The molecule has 0 radical (unpaired) electrons. The monoisotopic (exact) mass is 618 g/mol. The Morgan fingerprint density at radius 1 is 1.04 bits per heavy atom. The van der Waals surface area contributed by atoms with Crippen molar-refractivity contribution < 1.29 is 34.8 Å². The number of carbonyl (C=O) groups excluding carboxylic acids is 3. The number of fused-ring (bicyclic) bond motifs is 3. The number of amides is 1. The number of benzene rings is 2. The summed E-state index contributed by atoms with van der Waals surface area (Å²) in [6, 6.07) is 10.9. The summed E-state index contributed by atoms with van der Waals surface area (Å²) in [7, 11) is 8.91. The van der Waals surface area contributed by atoms with Crippen LogP contribution in [0, 0.1) is 11.8 Å². The second-order valence-corrected chi connectivity index (χ2v) is 12.9. The number of nitrogens with zero attached hydrogens (tertiary/aromatic N) is 3. The summed E-state index contributed by atoms with van der Waals surface area (Å²) in [4.78, 5) is 45.3. The molecule has 1 fully saturated rings. The molecule has 11 heteroatoms. The smallest absolute Gasteiger partial charge is 0.255 e. The van der Waals surface area contributed by atoms with E-state index in [0.29, 0.717) is 17.5 Å². The van der Waals surface area contributed by atoms with E-state index in [1.54, 1.807) is 14.1 Å². The van der Waals surface area contributed by atoms with Gasteiger partial charge in [0, 0.05) is 37.8 Å². The van der Waals surface area contributed by atoms with Gasteiger partial charge >= 0.3 is 0 Å². The van der Waals surface area contributed by atoms with E-state index in [-0.39, 0.29) is 29.7 Å². The van der Waals surface area contributed by atoms with Gasteiger partial charge in [-0.1, -0.05) is 30.3 Å². The minimum atomic E-state index is -2.66. The number of nitrogens with two attached hydrogens (primary N) is 1. The van der Waals surface area contributed by atoms with Crippen LogP contribution in [0.15, 0.2) is 53.3 Å². The molecule has 0 aromatic heterocycles. The number of aliphatic hydroxyl groups excluding tert-OH is 2. The first-order valence-electron chi connectivity index (χ1n) is 15.1. The van der Waals surface area contributed by atoms with Gasteiger partial charge in [0.15, 0.2) is 11.4 Å². The maximum atomic E-state index is 14.2. The maximum absolute atomic E-state index is 14.2. The molecule has 1 saturated carbocycles. The zero-order chi connectivity index (χ0) is 33.0. The second kappa shape index (κ2) is 12.0. The first-order chi connectivity index (χ1) is 21.2. The molecule has 2 unspecified atom stereocenters. The molecule has 0 spiro atoms. The van der Waals surface area contributed by atoms with E-state index in [4.69, 9.17) is 5.73 Å². The SMILES string of the molecule is CN(CCCc1cc(N(C)C)c2c(c1O)C(O)=C1C(=O)[C@]3(O)C(O)=C(C(N)=O)C(=O)[C@@H](N(C)C)C3CC1C2)Cc1ccccc1. The lowest BCUT2D eigenvalue weighted by molar-refractivity contribution is -0.153. The molecule has 2 aromatic carbocycles. The molecular weight excluding hydrogens is 576 g/mol. The Bertz CT molecular complexity index is 1610. The van der Waals surface area contributed by atoms with Crippen molar-refractivity contribution in [1.82, 2.24) is 9.80 Å². The first kappa shape index (κ1) is 32.2. The van der Waals surface area contributed by atoms with Crippen LogP contribution in [0.2, 0.25) is 0 Å². The Morgan fingerprint density at radius 3 is 2.31 bits per heavy atom. The summed E-state index contributed by atoms with van der Waals surface area (Å²) in [6.07, 6.45) is 1.52. The number of aliphatic hydroxyl groups is 3. The molecule has 3 aliphatic rings. The number of hydrogen-bond donors (Lipinski definition) is 5. The summed E-state index contributed by atoms with van der Waals surface area (Å²) in [6.45, 7) is 1.53. The van der Waals surface area contributed by atoms with Crippen LogP contribution in [-0.4, -0.2) is 101 Å². The minimum Gasteiger partial charge on any atom is -0.508 e. The summed E-state index contributed by atoms with van der Waals surface area (Å²) in [5.41, 5.74) is 5.12. The van der Waals surface area contributed by atoms with E-state index in [1.165, 1.54) is 10.5 Å². The van der Waals surface area contributed by atoms with Gasteiger partial charge in [-0.2, -0.15) is 0 Å². The summed E-state index contributed by atoms with van der Waals surface area (Å²) in [5.74, 6) is -6.49. The largest absolute Gasteiger partial charge is 0.508 e. The van der Waals surface area contributed by atoms with E-state index in [9.17, 15) is 34.8 Å². The average Bonchev–Trinajstić information content (AvgIpc) is 2.96. The van der Waals surface area contributed by atoms with E-state index in [2.05, 4.69) is 17.0 Å². The molecule has 0 aliphatic heterocycles. The number of carbonyl (C=O) groups is 3. The van der Waals surface area contributed by atoms with Gasteiger partial charge < -0.3 is 36.0 Å². The maximum Gasteiger partial charge on any atom is 0.255 e. The molecule has 0 saturated heterocycles. The van der Waals surface area contributed by atoms with Crippen molar-refractivity contribution in [2.75, 3.05) is 46.7 Å². The van der Waals surface area contributed by atoms with Crippen LogP contribution in [0.25, 0.3) is 5.76 Å². The molecule has 0 heterocycles. The number of anilines is 1. The third-order valence-electron chi connectivity index (χ3n) is 9.54. The Morgan fingerprint density at radius 2 is 1.71 bits per heavy atom. The molecule has 5 rings (SSSR count). The van der Waals surface area contributed by atoms with Crippen LogP contribution in [0.3, 0.4) is 0 Å². The van der Waals surface area contributed by atoms with Crippen LogP contribution in [0.1, 0.15) is 35.1 Å². The Balaban J connectivity index is 1.54. The zero-order valence-electron chi connectivity index (χ0n) is 26.4.